The Morgan fingerprint density at radius 3 is 1.64 bits per heavy atom. The zero-order chi connectivity index (χ0) is 20.5. The highest BCUT2D eigenvalue weighted by Gasteiger charge is 2.32. The van der Waals surface area contributed by atoms with Gasteiger partial charge in [0.15, 0.2) is 0 Å². The zero-order valence-corrected chi connectivity index (χ0v) is 19.5. The molecule has 0 radical (unpaired) electrons. The van der Waals surface area contributed by atoms with Gasteiger partial charge in [0.2, 0.25) is 0 Å². The summed E-state index contributed by atoms with van der Waals surface area (Å²) < 4.78 is 0. The molecule has 0 amide bonds. The van der Waals surface area contributed by atoms with Crippen LogP contribution in [0, 0.1) is 0 Å². The molecule has 1 atom stereocenters. The Kier molecular flexibility index (Phi) is 14.8. The molecule has 0 spiro atoms. The van der Waals surface area contributed by atoms with Crippen molar-refractivity contribution >= 4 is 5.84 Å². The summed E-state index contributed by atoms with van der Waals surface area (Å²) in [6.07, 6.45) is 23.9. The highest BCUT2D eigenvalue weighted by molar-refractivity contribution is 5.82. The van der Waals surface area contributed by atoms with Gasteiger partial charge in [0.25, 0.3) is 0 Å². The second-order valence-corrected chi connectivity index (χ2v) is 9.35. The second kappa shape index (κ2) is 16.3. The fourth-order valence-electron chi connectivity index (χ4n) is 4.57. The van der Waals surface area contributed by atoms with Gasteiger partial charge < -0.3 is 10.0 Å². The third-order valence-corrected chi connectivity index (χ3v) is 6.36. The molecule has 3 nitrogen and oxygen atoms in total. The second-order valence-electron chi connectivity index (χ2n) is 9.35. The van der Waals surface area contributed by atoms with Crippen molar-refractivity contribution in [2.24, 2.45) is 4.99 Å². The fourth-order valence-corrected chi connectivity index (χ4v) is 4.57. The van der Waals surface area contributed by atoms with Gasteiger partial charge in [-0.1, -0.05) is 110 Å². The number of amidine groups is 1. The van der Waals surface area contributed by atoms with Crippen molar-refractivity contribution in [2.45, 2.75) is 135 Å². The van der Waals surface area contributed by atoms with E-state index in [-0.39, 0.29) is 12.1 Å². The summed E-state index contributed by atoms with van der Waals surface area (Å²) in [7, 11) is 0. The van der Waals surface area contributed by atoms with Crippen LogP contribution < -0.4 is 0 Å². The standard InChI is InChI=1S/C25H50N2O/c1-4-5-6-7-8-9-10-11-12-13-14-15-16-17-18-19-20-25(3)23-27(21-22-28)24(2)26-25/h28H,4-23H2,1-3H3. The fraction of sp³-hybridized carbons (Fsp3) is 0.960. The summed E-state index contributed by atoms with van der Waals surface area (Å²) in [5.41, 5.74) is 0.0786. The van der Waals surface area contributed by atoms with Gasteiger partial charge in [-0.15, -0.1) is 0 Å². The lowest BCUT2D eigenvalue weighted by Crippen LogP contribution is -2.35. The van der Waals surface area contributed by atoms with E-state index in [2.05, 4.69) is 25.7 Å². The van der Waals surface area contributed by atoms with Crippen molar-refractivity contribution in [1.82, 2.24) is 4.90 Å². The number of aliphatic hydroxyl groups is 1. The third-order valence-electron chi connectivity index (χ3n) is 6.36. The zero-order valence-electron chi connectivity index (χ0n) is 19.5. The van der Waals surface area contributed by atoms with Crippen LogP contribution in [0.4, 0.5) is 0 Å². The molecular weight excluding hydrogens is 344 g/mol. The Labute approximate surface area is 176 Å². The molecule has 3 heteroatoms. The van der Waals surface area contributed by atoms with Crippen LogP contribution in [0.15, 0.2) is 4.99 Å². The van der Waals surface area contributed by atoms with E-state index in [9.17, 15) is 0 Å². The summed E-state index contributed by atoms with van der Waals surface area (Å²) >= 11 is 0. The van der Waals surface area contributed by atoms with E-state index >= 15 is 0 Å². The lowest BCUT2D eigenvalue weighted by Gasteiger charge is -2.24. The molecule has 0 saturated carbocycles. The number of nitrogens with zero attached hydrogens (tertiary/aromatic N) is 2. The van der Waals surface area contributed by atoms with E-state index in [1.165, 1.54) is 109 Å². The smallest absolute Gasteiger partial charge is 0.0966 e. The van der Waals surface area contributed by atoms with Crippen LogP contribution in [-0.4, -0.2) is 41.1 Å². The van der Waals surface area contributed by atoms with Gasteiger partial charge >= 0.3 is 0 Å². The maximum Gasteiger partial charge on any atom is 0.0966 e. The van der Waals surface area contributed by atoms with Crippen LogP contribution in [0.2, 0.25) is 0 Å². The number of unbranched alkanes of at least 4 members (excludes halogenated alkanes) is 15. The monoisotopic (exact) mass is 394 g/mol. The average Bonchev–Trinajstić information content (AvgIpc) is 2.95. The minimum absolute atomic E-state index is 0.0786. The van der Waals surface area contributed by atoms with Crippen molar-refractivity contribution in [1.29, 1.82) is 0 Å². The molecule has 0 aromatic heterocycles. The minimum atomic E-state index is 0.0786. The highest BCUT2D eigenvalue weighted by Crippen LogP contribution is 2.27. The molecule has 0 bridgehead atoms. The number of β-amino-alcohol motifs (C(OH)–C–C–N with tert-alkyl or cyclic N) is 1. The predicted molar refractivity (Wildman–Crippen MR) is 124 cm³/mol. The first-order valence-corrected chi connectivity index (χ1v) is 12.5. The van der Waals surface area contributed by atoms with Crippen molar-refractivity contribution < 1.29 is 5.11 Å². The molecule has 1 aliphatic heterocycles. The molecule has 1 rings (SSSR count). The molecule has 0 aromatic rings. The molecule has 1 heterocycles. The Hall–Kier alpha value is -0.570. The Morgan fingerprint density at radius 1 is 0.786 bits per heavy atom. The van der Waals surface area contributed by atoms with Crippen molar-refractivity contribution in [3.63, 3.8) is 0 Å². The molecule has 1 aliphatic rings. The van der Waals surface area contributed by atoms with Gasteiger partial charge in [-0.2, -0.15) is 0 Å². The Balaban J connectivity index is 1.84. The van der Waals surface area contributed by atoms with E-state index < -0.39 is 0 Å². The van der Waals surface area contributed by atoms with Crippen LogP contribution in [0.25, 0.3) is 0 Å². The number of aliphatic imine (C=N–C) groups is 1. The molecule has 28 heavy (non-hydrogen) atoms. The Bertz CT molecular complexity index is 396. The van der Waals surface area contributed by atoms with Gasteiger partial charge in [-0.3, -0.25) is 4.99 Å². The predicted octanol–water partition coefficient (Wildman–Crippen LogP) is 7.12. The SMILES string of the molecule is CCCCCCCCCCCCCCCCCCC1(C)CN(CCO)C(C)=N1. The molecule has 0 aliphatic carbocycles. The first-order valence-electron chi connectivity index (χ1n) is 12.5. The number of hydrogen-bond donors (Lipinski definition) is 1. The Morgan fingerprint density at radius 2 is 1.21 bits per heavy atom. The summed E-state index contributed by atoms with van der Waals surface area (Å²) in [6, 6.07) is 0. The van der Waals surface area contributed by atoms with Crippen LogP contribution in [-0.2, 0) is 0 Å². The summed E-state index contributed by atoms with van der Waals surface area (Å²) in [4.78, 5) is 7.09. The first-order chi connectivity index (χ1) is 13.6. The maximum atomic E-state index is 9.14. The largest absolute Gasteiger partial charge is 0.395 e. The van der Waals surface area contributed by atoms with E-state index in [0.29, 0.717) is 0 Å². The van der Waals surface area contributed by atoms with Crippen molar-refractivity contribution in [2.75, 3.05) is 19.7 Å². The summed E-state index contributed by atoms with van der Waals surface area (Å²) in [5, 5.41) is 9.14. The summed E-state index contributed by atoms with van der Waals surface area (Å²) in [5.74, 6) is 1.10. The topological polar surface area (TPSA) is 35.8 Å². The normalized spacial score (nSPS) is 19.4. The van der Waals surface area contributed by atoms with E-state index in [0.717, 1.165) is 18.9 Å². The molecule has 0 saturated heterocycles. The van der Waals surface area contributed by atoms with Gasteiger partial charge in [-0.25, -0.2) is 0 Å². The van der Waals surface area contributed by atoms with Gasteiger partial charge in [0, 0.05) is 13.1 Å². The molecular formula is C25H50N2O. The summed E-state index contributed by atoms with van der Waals surface area (Å²) in [6.45, 7) is 8.58. The quantitative estimate of drug-likeness (QED) is 0.237. The number of hydrogen-bond acceptors (Lipinski definition) is 3. The van der Waals surface area contributed by atoms with Crippen molar-refractivity contribution in [3.05, 3.63) is 0 Å². The molecule has 1 unspecified atom stereocenters. The van der Waals surface area contributed by atoms with E-state index in [1.54, 1.807) is 0 Å². The lowest BCUT2D eigenvalue weighted by atomic mass is 9.95. The maximum absolute atomic E-state index is 9.14. The number of aliphatic hydroxyl groups excluding tert-OH is 1. The minimum Gasteiger partial charge on any atom is -0.395 e. The first kappa shape index (κ1) is 25.5. The van der Waals surface area contributed by atoms with E-state index in [1.807, 2.05) is 0 Å². The van der Waals surface area contributed by atoms with Crippen LogP contribution >= 0.6 is 0 Å². The van der Waals surface area contributed by atoms with Crippen LogP contribution in [0.1, 0.15) is 130 Å². The van der Waals surface area contributed by atoms with E-state index in [4.69, 9.17) is 10.1 Å². The average molecular weight is 395 g/mol. The van der Waals surface area contributed by atoms with Gasteiger partial charge in [-0.05, 0) is 20.3 Å². The molecule has 0 aromatic carbocycles. The molecule has 166 valence electrons. The lowest BCUT2D eigenvalue weighted by molar-refractivity contribution is 0.239. The molecule has 0 fully saturated rings. The highest BCUT2D eigenvalue weighted by atomic mass is 16.3. The van der Waals surface area contributed by atoms with Crippen LogP contribution in [0.5, 0.6) is 0 Å². The van der Waals surface area contributed by atoms with Gasteiger partial charge in [0.1, 0.15) is 0 Å². The third kappa shape index (κ3) is 12.1. The molecule has 1 N–H and O–H groups in total. The number of rotatable bonds is 19. The van der Waals surface area contributed by atoms with Gasteiger partial charge in [0.05, 0.1) is 18.0 Å². The van der Waals surface area contributed by atoms with Crippen LogP contribution in [0.3, 0.4) is 0 Å². The van der Waals surface area contributed by atoms with Crippen molar-refractivity contribution in [3.8, 4) is 0 Å².